The van der Waals surface area contributed by atoms with E-state index < -0.39 is 0 Å². The van der Waals surface area contributed by atoms with Crippen molar-refractivity contribution in [2.75, 3.05) is 19.1 Å². The molecular weight excluding hydrogens is 360 g/mol. The Morgan fingerprint density at radius 2 is 2.00 bits per heavy atom. The zero-order valence-corrected chi connectivity index (χ0v) is 16.7. The maximum absolute atomic E-state index is 13.0. The van der Waals surface area contributed by atoms with Gasteiger partial charge < -0.3 is 14.4 Å². The Hall–Kier alpha value is -2.86. The quantitative estimate of drug-likeness (QED) is 0.624. The summed E-state index contributed by atoms with van der Waals surface area (Å²) in [4.78, 5) is 18.8. The van der Waals surface area contributed by atoms with Gasteiger partial charge in [-0.15, -0.1) is 11.3 Å². The number of ether oxygens (including phenoxy) is 2. The summed E-state index contributed by atoms with van der Waals surface area (Å²) in [5.41, 5.74) is 6.29. The molecule has 140 valence electrons. The summed E-state index contributed by atoms with van der Waals surface area (Å²) < 4.78 is 11.2. The molecule has 27 heavy (non-hydrogen) atoms. The van der Waals surface area contributed by atoms with Crippen LogP contribution in [0.2, 0.25) is 0 Å². The fourth-order valence-corrected chi connectivity index (χ4v) is 3.33. The van der Waals surface area contributed by atoms with Gasteiger partial charge in [-0.1, -0.05) is 12.1 Å². The average molecular weight is 382 g/mol. The van der Waals surface area contributed by atoms with E-state index in [1.54, 1.807) is 42.8 Å². The van der Waals surface area contributed by atoms with Crippen LogP contribution in [0.25, 0.3) is 0 Å². The second kappa shape index (κ2) is 8.22. The molecular formula is C21H22N2O3S. The first-order valence-electron chi connectivity index (χ1n) is 8.53. The van der Waals surface area contributed by atoms with Gasteiger partial charge in [-0.05, 0) is 49.2 Å². The summed E-state index contributed by atoms with van der Waals surface area (Å²) in [6, 6.07) is 11.2. The SMILES string of the molecule is COc1cc(C(=O)N(C)c2cccc(C)c2C)ccc1OCc1cscn1. The predicted octanol–water partition coefficient (Wildman–Crippen LogP) is 4.62. The second-order valence-corrected chi connectivity index (χ2v) is 6.94. The summed E-state index contributed by atoms with van der Waals surface area (Å²) in [5, 5.41) is 1.93. The van der Waals surface area contributed by atoms with Crippen molar-refractivity contribution < 1.29 is 14.3 Å². The summed E-state index contributed by atoms with van der Waals surface area (Å²) >= 11 is 1.52. The zero-order valence-electron chi connectivity index (χ0n) is 15.9. The summed E-state index contributed by atoms with van der Waals surface area (Å²) in [6.45, 7) is 4.41. The number of hydrogen-bond acceptors (Lipinski definition) is 5. The molecule has 2 aromatic carbocycles. The van der Waals surface area contributed by atoms with Crippen LogP contribution in [0.15, 0.2) is 47.3 Å². The molecule has 1 aromatic heterocycles. The molecule has 0 atom stereocenters. The van der Waals surface area contributed by atoms with E-state index in [0.717, 1.165) is 22.5 Å². The molecule has 0 saturated carbocycles. The van der Waals surface area contributed by atoms with Gasteiger partial charge in [0.15, 0.2) is 11.5 Å². The van der Waals surface area contributed by atoms with Gasteiger partial charge in [-0.3, -0.25) is 4.79 Å². The van der Waals surface area contributed by atoms with Crippen LogP contribution in [-0.2, 0) is 6.61 Å². The monoisotopic (exact) mass is 382 g/mol. The Balaban J connectivity index is 1.81. The largest absolute Gasteiger partial charge is 0.493 e. The van der Waals surface area contributed by atoms with E-state index in [-0.39, 0.29) is 5.91 Å². The van der Waals surface area contributed by atoms with Crippen molar-refractivity contribution in [2.24, 2.45) is 0 Å². The number of thiazole rings is 1. The molecule has 0 unspecified atom stereocenters. The van der Waals surface area contributed by atoms with Gasteiger partial charge in [0.1, 0.15) is 6.61 Å². The van der Waals surface area contributed by atoms with E-state index in [2.05, 4.69) is 4.98 Å². The molecule has 3 rings (SSSR count). The van der Waals surface area contributed by atoms with Crippen molar-refractivity contribution in [3.05, 3.63) is 69.7 Å². The minimum absolute atomic E-state index is 0.104. The highest BCUT2D eigenvalue weighted by Gasteiger charge is 2.18. The van der Waals surface area contributed by atoms with Gasteiger partial charge in [0.05, 0.1) is 18.3 Å². The minimum atomic E-state index is -0.104. The maximum atomic E-state index is 13.0. The van der Waals surface area contributed by atoms with Gasteiger partial charge in [-0.2, -0.15) is 0 Å². The number of amides is 1. The number of methoxy groups -OCH3 is 1. The molecule has 1 amide bonds. The number of benzene rings is 2. The van der Waals surface area contributed by atoms with Crippen molar-refractivity contribution in [3.63, 3.8) is 0 Å². The Bertz CT molecular complexity index is 939. The first-order chi connectivity index (χ1) is 13.0. The molecule has 0 spiro atoms. The summed E-state index contributed by atoms with van der Waals surface area (Å²) in [7, 11) is 3.34. The average Bonchev–Trinajstić information content (AvgIpc) is 3.21. The van der Waals surface area contributed by atoms with Crippen molar-refractivity contribution in [1.29, 1.82) is 0 Å². The lowest BCUT2D eigenvalue weighted by Gasteiger charge is -2.21. The topological polar surface area (TPSA) is 51.7 Å². The molecule has 1 heterocycles. The molecule has 0 aliphatic carbocycles. The second-order valence-electron chi connectivity index (χ2n) is 6.22. The standard InChI is InChI=1S/C21H22N2O3S/c1-14-6-5-7-18(15(14)2)23(3)21(24)16-8-9-19(20(10-16)25-4)26-11-17-12-27-13-22-17/h5-10,12-13H,11H2,1-4H3. The first-order valence-corrected chi connectivity index (χ1v) is 9.47. The number of carbonyl (C=O) groups is 1. The number of nitrogens with zero attached hydrogens (tertiary/aromatic N) is 2. The molecule has 0 bridgehead atoms. The number of hydrogen-bond donors (Lipinski definition) is 0. The molecule has 0 aliphatic rings. The smallest absolute Gasteiger partial charge is 0.258 e. The molecule has 0 fully saturated rings. The highest BCUT2D eigenvalue weighted by atomic mass is 32.1. The molecule has 0 N–H and O–H groups in total. The first kappa shape index (κ1) is 18.9. The number of carbonyl (C=O) groups excluding carboxylic acids is 1. The van der Waals surface area contributed by atoms with E-state index in [1.165, 1.54) is 11.3 Å². The van der Waals surface area contributed by atoms with E-state index in [9.17, 15) is 4.79 Å². The number of anilines is 1. The highest BCUT2D eigenvalue weighted by molar-refractivity contribution is 7.07. The fraction of sp³-hybridized carbons (Fsp3) is 0.238. The van der Waals surface area contributed by atoms with Crippen LogP contribution in [0.5, 0.6) is 11.5 Å². The van der Waals surface area contributed by atoms with Crippen molar-refractivity contribution >= 4 is 22.9 Å². The van der Waals surface area contributed by atoms with Crippen molar-refractivity contribution in [3.8, 4) is 11.5 Å². The van der Waals surface area contributed by atoms with Gasteiger partial charge >= 0.3 is 0 Å². The van der Waals surface area contributed by atoms with E-state index in [4.69, 9.17) is 9.47 Å². The Morgan fingerprint density at radius 3 is 2.70 bits per heavy atom. The molecule has 0 saturated heterocycles. The number of aryl methyl sites for hydroxylation is 1. The Kier molecular flexibility index (Phi) is 5.76. The predicted molar refractivity (Wildman–Crippen MR) is 108 cm³/mol. The molecule has 0 radical (unpaired) electrons. The normalized spacial score (nSPS) is 10.5. The summed E-state index contributed by atoms with van der Waals surface area (Å²) in [5.74, 6) is 0.995. The summed E-state index contributed by atoms with van der Waals surface area (Å²) in [6.07, 6.45) is 0. The van der Waals surface area contributed by atoms with Crippen LogP contribution < -0.4 is 14.4 Å². The molecule has 5 nitrogen and oxygen atoms in total. The molecule has 6 heteroatoms. The fourth-order valence-electron chi connectivity index (χ4n) is 2.78. The van der Waals surface area contributed by atoms with Crippen LogP contribution in [0.3, 0.4) is 0 Å². The third-order valence-electron chi connectivity index (χ3n) is 4.51. The van der Waals surface area contributed by atoms with Crippen molar-refractivity contribution in [2.45, 2.75) is 20.5 Å². The van der Waals surface area contributed by atoms with Crippen LogP contribution in [0, 0.1) is 13.8 Å². The number of aromatic nitrogens is 1. The van der Waals surface area contributed by atoms with Gasteiger partial charge in [0.25, 0.3) is 5.91 Å². The molecule has 3 aromatic rings. The Labute approximate surface area is 163 Å². The van der Waals surface area contributed by atoms with Crippen LogP contribution in [0.1, 0.15) is 27.2 Å². The van der Waals surface area contributed by atoms with E-state index in [1.807, 2.05) is 37.4 Å². The van der Waals surface area contributed by atoms with E-state index >= 15 is 0 Å². The third-order valence-corrected chi connectivity index (χ3v) is 5.15. The van der Waals surface area contributed by atoms with E-state index in [0.29, 0.717) is 23.7 Å². The molecule has 0 aliphatic heterocycles. The van der Waals surface area contributed by atoms with Gasteiger partial charge in [0, 0.05) is 23.7 Å². The van der Waals surface area contributed by atoms with Crippen LogP contribution >= 0.6 is 11.3 Å². The van der Waals surface area contributed by atoms with Crippen molar-refractivity contribution in [1.82, 2.24) is 4.98 Å². The van der Waals surface area contributed by atoms with Gasteiger partial charge in [-0.25, -0.2) is 4.98 Å². The van der Waals surface area contributed by atoms with Gasteiger partial charge in [0.2, 0.25) is 0 Å². The highest BCUT2D eigenvalue weighted by Crippen LogP contribution is 2.30. The zero-order chi connectivity index (χ0) is 19.4. The minimum Gasteiger partial charge on any atom is -0.493 e. The Morgan fingerprint density at radius 1 is 1.19 bits per heavy atom. The van der Waals surface area contributed by atoms with Crippen LogP contribution in [0.4, 0.5) is 5.69 Å². The lowest BCUT2D eigenvalue weighted by atomic mass is 10.1. The lowest BCUT2D eigenvalue weighted by molar-refractivity contribution is 0.0992. The number of rotatable bonds is 6. The van der Waals surface area contributed by atoms with Crippen LogP contribution in [-0.4, -0.2) is 25.0 Å². The lowest BCUT2D eigenvalue weighted by Crippen LogP contribution is -2.27. The maximum Gasteiger partial charge on any atom is 0.258 e. The third kappa shape index (κ3) is 4.11.